The van der Waals surface area contributed by atoms with Crippen LogP contribution in [0.3, 0.4) is 0 Å². The molecule has 1 aliphatic heterocycles. The summed E-state index contributed by atoms with van der Waals surface area (Å²) >= 11 is 3.26. The lowest BCUT2D eigenvalue weighted by Gasteiger charge is -2.32. The topological polar surface area (TPSA) is 60.8 Å². The van der Waals surface area contributed by atoms with Crippen LogP contribution in [-0.4, -0.2) is 40.7 Å². The molecule has 1 unspecified atom stereocenters. The summed E-state index contributed by atoms with van der Waals surface area (Å²) in [5.74, 6) is 0.233. The van der Waals surface area contributed by atoms with E-state index in [1.807, 2.05) is 0 Å². The molecule has 104 valence electrons. The number of likely N-dealkylation sites (tertiary alicyclic amines) is 1. The number of carbonyl (C=O) groups is 1. The standard InChI is InChI=1S/C14H18BrNO3/c15-11-3-4-12(13(18)8-11)14(19)16-6-1-2-10(9-16)5-7-17/h3-4,8,10,17-18H,1-2,5-7,9H2. The van der Waals surface area contributed by atoms with E-state index < -0.39 is 0 Å². The molecular formula is C14H18BrNO3. The normalized spacial score (nSPS) is 19.5. The smallest absolute Gasteiger partial charge is 0.257 e. The molecule has 4 nitrogen and oxygen atoms in total. The Morgan fingerprint density at radius 3 is 2.95 bits per heavy atom. The number of phenolic OH excluding ortho intramolecular Hbond substituents is 1. The zero-order chi connectivity index (χ0) is 13.8. The lowest BCUT2D eigenvalue weighted by molar-refractivity contribution is 0.0650. The van der Waals surface area contributed by atoms with Crippen LogP contribution in [0.4, 0.5) is 0 Å². The monoisotopic (exact) mass is 327 g/mol. The number of carbonyl (C=O) groups excluding carboxylic acids is 1. The Bertz CT molecular complexity index is 462. The molecule has 1 atom stereocenters. The van der Waals surface area contributed by atoms with E-state index in [1.165, 1.54) is 6.07 Å². The lowest BCUT2D eigenvalue weighted by Crippen LogP contribution is -2.40. The minimum atomic E-state index is -0.132. The van der Waals surface area contributed by atoms with Crippen LogP contribution in [0, 0.1) is 5.92 Å². The number of aliphatic hydroxyl groups is 1. The summed E-state index contributed by atoms with van der Waals surface area (Å²) in [6.45, 7) is 1.54. The molecule has 2 N–H and O–H groups in total. The highest BCUT2D eigenvalue weighted by Crippen LogP contribution is 2.26. The van der Waals surface area contributed by atoms with Crippen molar-refractivity contribution >= 4 is 21.8 Å². The second-order valence-electron chi connectivity index (χ2n) is 4.93. The van der Waals surface area contributed by atoms with Gasteiger partial charge in [-0.25, -0.2) is 0 Å². The van der Waals surface area contributed by atoms with Gasteiger partial charge < -0.3 is 15.1 Å². The van der Waals surface area contributed by atoms with Crippen LogP contribution < -0.4 is 0 Å². The Labute approximate surface area is 121 Å². The molecular weight excluding hydrogens is 310 g/mol. The number of rotatable bonds is 3. The van der Waals surface area contributed by atoms with Gasteiger partial charge in [0.05, 0.1) is 5.56 Å². The number of amides is 1. The summed E-state index contributed by atoms with van der Waals surface area (Å²) in [7, 11) is 0. The molecule has 5 heteroatoms. The minimum absolute atomic E-state index is 0.00339. The second-order valence-corrected chi connectivity index (χ2v) is 5.85. The average Bonchev–Trinajstić information content (AvgIpc) is 2.39. The second kappa shape index (κ2) is 6.39. The molecule has 1 fully saturated rings. The Balaban J connectivity index is 2.10. The van der Waals surface area contributed by atoms with E-state index >= 15 is 0 Å². The molecule has 0 bridgehead atoms. The van der Waals surface area contributed by atoms with Gasteiger partial charge in [0.15, 0.2) is 0 Å². The van der Waals surface area contributed by atoms with Crippen molar-refractivity contribution in [2.75, 3.05) is 19.7 Å². The summed E-state index contributed by atoms with van der Waals surface area (Å²) in [5, 5.41) is 18.8. The number of aromatic hydroxyl groups is 1. The van der Waals surface area contributed by atoms with Crippen LogP contribution in [0.2, 0.25) is 0 Å². The van der Waals surface area contributed by atoms with Gasteiger partial charge in [0.2, 0.25) is 0 Å². The fourth-order valence-electron chi connectivity index (χ4n) is 2.52. The number of nitrogens with zero attached hydrogens (tertiary/aromatic N) is 1. The summed E-state index contributed by atoms with van der Waals surface area (Å²) < 4.78 is 0.748. The Hall–Kier alpha value is -1.07. The zero-order valence-electron chi connectivity index (χ0n) is 10.7. The first kappa shape index (κ1) is 14.3. The van der Waals surface area contributed by atoms with Crippen molar-refractivity contribution in [3.8, 4) is 5.75 Å². The van der Waals surface area contributed by atoms with Crippen molar-refractivity contribution in [2.24, 2.45) is 5.92 Å². The van der Waals surface area contributed by atoms with E-state index in [2.05, 4.69) is 15.9 Å². The van der Waals surface area contributed by atoms with Gasteiger partial charge in [-0.3, -0.25) is 4.79 Å². The molecule has 1 aromatic rings. The third-order valence-corrected chi connectivity index (χ3v) is 4.03. The van der Waals surface area contributed by atoms with Crippen molar-refractivity contribution in [1.29, 1.82) is 0 Å². The average molecular weight is 328 g/mol. The number of hydrogen-bond donors (Lipinski definition) is 2. The summed E-state index contributed by atoms with van der Waals surface area (Å²) in [6, 6.07) is 4.92. The summed E-state index contributed by atoms with van der Waals surface area (Å²) in [6.07, 6.45) is 2.74. The Morgan fingerprint density at radius 1 is 1.47 bits per heavy atom. The molecule has 0 spiro atoms. The van der Waals surface area contributed by atoms with Gasteiger partial charge in [-0.1, -0.05) is 15.9 Å². The number of aliphatic hydroxyl groups excluding tert-OH is 1. The third kappa shape index (κ3) is 3.48. The number of hydrogen-bond acceptors (Lipinski definition) is 3. The SMILES string of the molecule is O=C(c1ccc(Br)cc1O)N1CCCC(CCO)C1. The van der Waals surface area contributed by atoms with E-state index in [4.69, 9.17) is 5.11 Å². The fourth-order valence-corrected chi connectivity index (χ4v) is 2.87. The molecule has 1 aliphatic rings. The third-order valence-electron chi connectivity index (χ3n) is 3.53. The molecule has 1 saturated heterocycles. The molecule has 19 heavy (non-hydrogen) atoms. The van der Waals surface area contributed by atoms with Crippen LogP contribution >= 0.6 is 15.9 Å². The first-order valence-corrected chi connectivity index (χ1v) is 7.29. The Kier molecular flexibility index (Phi) is 4.82. The predicted octanol–water partition coefficient (Wildman–Crippen LogP) is 2.39. The van der Waals surface area contributed by atoms with Crippen molar-refractivity contribution in [3.63, 3.8) is 0 Å². The van der Waals surface area contributed by atoms with Crippen LogP contribution in [0.1, 0.15) is 29.6 Å². The first-order valence-electron chi connectivity index (χ1n) is 6.50. The van der Waals surface area contributed by atoms with Gasteiger partial charge in [0, 0.05) is 24.2 Å². The zero-order valence-corrected chi connectivity index (χ0v) is 12.3. The van der Waals surface area contributed by atoms with E-state index in [0.717, 1.165) is 30.3 Å². The first-order chi connectivity index (χ1) is 9.11. The van der Waals surface area contributed by atoms with Crippen LogP contribution in [0.5, 0.6) is 5.75 Å². The molecule has 0 radical (unpaired) electrons. The van der Waals surface area contributed by atoms with Crippen LogP contribution in [0.25, 0.3) is 0 Å². The van der Waals surface area contributed by atoms with Gasteiger partial charge >= 0.3 is 0 Å². The van der Waals surface area contributed by atoms with Gasteiger partial charge in [-0.05, 0) is 43.4 Å². The molecule has 0 aliphatic carbocycles. The van der Waals surface area contributed by atoms with E-state index in [-0.39, 0.29) is 18.3 Å². The van der Waals surface area contributed by atoms with Gasteiger partial charge in [0.1, 0.15) is 5.75 Å². The van der Waals surface area contributed by atoms with Gasteiger partial charge in [-0.15, -0.1) is 0 Å². The molecule has 1 amide bonds. The maximum atomic E-state index is 12.4. The summed E-state index contributed by atoms with van der Waals surface area (Å²) in [5.41, 5.74) is 0.341. The maximum absolute atomic E-state index is 12.4. The van der Waals surface area contributed by atoms with Gasteiger partial charge in [0.25, 0.3) is 5.91 Å². The molecule has 1 heterocycles. The van der Waals surface area contributed by atoms with Crippen molar-refractivity contribution < 1.29 is 15.0 Å². The fraction of sp³-hybridized carbons (Fsp3) is 0.500. The van der Waals surface area contributed by atoms with Crippen molar-refractivity contribution in [3.05, 3.63) is 28.2 Å². The summed E-state index contributed by atoms with van der Waals surface area (Å²) in [4.78, 5) is 14.1. The molecule has 0 aromatic heterocycles. The molecule has 1 aromatic carbocycles. The molecule has 0 saturated carbocycles. The van der Waals surface area contributed by atoms with Crippen molar-refractivity contribution in [2.45, 2.75) is 19.3 Å². The van der Waals surface area contributed by atoms with E-state index in [9.17, 15) is 9.90 Å². The predicted molar refractivity (Wildman–Crippen MR) is 76.1 cm³/mol. The van der Waals surface area contributed by atoms with E-state index in [1.54, 1.807) is 17.0 Å². The number of phenols is 1. The number of halogens is 1. The minimum Gasteiger partial charge on any atom is -0.507 e. The maximum Gasteiger partial charge on any atom is 0.257 e. The number of piperidine rings is 1. The highest BCUT2D eigenvalue weighted by Gasteiger charge is 2.25. The van der Waals surface area contributed by atoms with Crippen molar-refractivity contribution in [1.82, 2.24) is 4.90 Å². The largest absolute Gasteiger partial charge is 0.507 e. The lowest BCUT2D eigenvalue weighted by atomic mass is 9.94. The van der Waals surface area contributed by atoms with Crippen LogP contribution in [0.15, 0.2) is 22.7 Å². The number of benzene rings is 1. The van der Waals surface area contributed by atoms with Gasteiger partial charge in [-0.2, -0.15) is 0 Å². The Morgan fingerprint density at radius 2 is 2.26 bits per heavy atom. The van der Waals surface area contributed by atoms with Crippen LogP contribution in [-0.2, 0) is 0 Å². The highest BCUT2D eigenvalue weighted by molar-refractivity contribution is 9.10. The molecule has 2 rings (SSSR count). The van der Waals surface area contributed by atoms with E-state index in [0.29, 0.717) is 18.0 Å². The highest BCUT2D eigenvalue weighted by atomic mass is 79.9. The quantitative estimate of drug-likeness (QED) is 0.896.